The molecular formula is C17H18ClN3O3. The van der Waals surface area contributed by atoms with E-state index in [1.807, 2.05) is 6.07 Å². The summed E-state index contributed by atoms with van der Waals surface area (Å²) in [5.41, 5.74) is 1.33. The molecule has 2 amide bonds. The van der Waals surface area contributed by atoms with Crippen LogP contribution in [-0.2, 0) is 16.1 Å². The number of benzene rings is 1. The van der Waals surface area contributed by atoms with Crippen molar-refractivity contribution < 1.29 is 14.3 Å². The third kappa shape index (κ3) is 4.70. The third-order valence-electron chi connectivity index (χ3n) is 3.33. The number of carbonyl (C=O) groups is 2. The second kappa shape index (κ2) is 8.31. The highest BCUT2D eigenvalue weighted by atomic mass is 35.5. The molecule has 1 aromatic carbocycles. The fourth-order valence-corrected chi connectivity index (χ4v) is 2.31. The molecule has 2 aromatic rings. The number of aromatic nitrogens is 1. The molecule has 2 rings (SSSR count). The van der Waals surface area contributed by atoms with E-state index in [1.54, 1.807) is 36.7 Å². The maximum atomic E-state index is 12.2. The maximum Gasteiger partial charge on any atom is 0.240 e. The first-order valence-electron chi connectivity index (χ1n) is 7.28. The van der Waals surface area contributed by atoms with Crippen LogP contribution in [-0.4, -0.2) is 30.5 Å². The second-order valence-corrected chi connectivity index (χ2v) is 5.50. The lowest BCUT2D eigenvalue weighted by Crippen LogP contribution is -2.39. The summed E-state index contributed by atoms with van der Waals surface area (Å²) in [6.07, 6.45) is 3.33. The predicted octanol–water partition coefficient (Wildman–Crippen LogP) is 2.41. The van der Waals surface area contributed by atoms with Gasteiger partial charge in [0.15, 0.2) is 0 Å². The molecule has 7 heteroatoms. The molecule has 0 spiro atoms. The molecule has 126 valence electrons. The largest absolute Gasteiger partial charge is 0.495 e. The maximum absolute atomic E-state index is 12.2. The number of carbonyl (C=O) groups excluding carboxylic acids is 2. The van der Waals surface area contributed by atoms with Crippen molar-refractivity contribution in [2.45, 2.75) is 13.5 Å². The van der Waals surface area contributed by atoms with Gasteiger partial charge >= 0.3 is 0 Å². The number of pyridine rings is 1. The van der Waals surface area contributed by atoms with Gasteiger partial charge in [0.05, 0.1) is 12.8 Å². The van der Waals surface area contributed by atoms with Crippen molar-refractivity contribution in [2.24, 2.45) is 0 Å². The highest BCUT2D eigenvalue weighted by Gasteiger charge is 2.19. The minimum atomic E-state index is -0.295. The number of anilines is 1. The van der Waals surface area contributed by atoms with E-state index >= 15 is 0 Å². The van der Waals surface area contributed by atoms with Gasteiger partial charge in [0, 0.05) is 30.9 Å². The molecule has 1 heterocycles. The highest BCUT2D eigenvalue weighted by Crippen LogP contribution is 2.31. The molecule has 1 N–H and O–H groups in total. The Kier molecular flexibility index (Phi) is 6.14. The number of nitrogens with zero attached hydrogens (tertiary/aromatic N) is 2. The van der Waals surface area contributed by atoms with Gasteiger partial charge < -0.3 is 10.1 Å². The summed E-state index contributed by atoms with van der Waals surface area (Å²) in [5.74, 6) is -0.113. The van der Waals surface area contributed by atoms with E-state index in [9.17, 15) is 9.59 Å². The molecular weight excluding hydrogens is 330 g/mol. The average molecular weight is 348 g/mol. The molecule has 0 saturated heterocycles. The van der Waals surface area contributed by atoms with Crippen LogP contribution in [0.15, 0.2) is 42.7 Å². The number of hydrogen-bond acceptors (Lipinski definition) is 4. The Morgan fingerprint density at radius 1 is 1.33 bits per heavy atom. The molecule has 0 aliphatic rings. The molecule has 0 atom stereocenters. The summed E-state index contributed by atoms with van der Waals surface area (Å²) >= 11 is 6.00. The number of rotatable bonds is 6. The number of methoxy groups -OCH3 is 1. The SMILES string of the molecule is COc1ccc(Cl)cc1N(CC(=O)NCc1cccnc1)C(C)=O. The first-order chi connectivity index (χ1) is 11.5. The molecule has 0 aliphatic heterocycles. The van der Waals surface area contributed by atoms with E-state index in [0.717, 1.165) is 5.56 Å². The van der Waals surface area contributed by atoms with Gasteiger partial charge in [0.25, 0.3) is 0 Å². The summed E-state index contributed by atoms with van der Waals surface area (Å²) in [6.45, 7) is 1.59. The molecule has 24 heavy (non-hydrogen) atoms. The smallest absolute Gasteiger partial charge is 0.240 e. The summed E-state index contributed by atoms with van der Waals surface area (Å²) in [4.78, 5) is 29.5. The van der Waals surface area contributed by atoms with Crippen LogP contribution in [0.1, 0.15) is 12.5 Å². The highest BCUT2D eigenvalue weighted by molar-refractivity contribution is 6.31. The Labute approximate surface area is 145 Å². The van der Waals surface area contributed by atoms with Crippen molar-refractivity contribution in [1.29, 1.82) is 0 Å². The molecule has 0 bridgehead atoms. The molecule has 0 saturated carbocycles. The molecule has 1 aromatic heterocycles. The number of amides is 2. The molecule has 0 unspecified atom stereocenters. The zero-order chi connectivity index (χ0) is 17.5. The lowest BCUT2D eigenvalue weighted by Gasteiger charge is -2.23. The molecule has 0 aliphatic carbocycles. The van der Waals surface area contributed by atoms with E-state index in [4.69, 9.17) is 16.3 Å². The summed E-state index contributed by atoms with van der Waals surface area (Å²) < 4.78 is 5.25. The van der Waals surface area contributed by atoms with E-state index in [-0.39, 0.29) is 18.4 Å². The van der Waals surface area contributed by atoms with Crippen molar-refractivity contribution in [2.75, 3.05) is 18.6 Å². The summed E-state index contributed by atoms with van der Waals surface area (Å²) in [5, 5.41) is 3.21. The Balaban J connectivity index is 2.10. The average Bonchev–Trinajstić information content (AvgIpc) is 2.58. The summed E-state index contributed by atoms with van der Waals surface area (Å²) in [6, 6.07) is 8.55. The van der Waals surface area contributed by atoms with Crippen LogP contribution >= 0.6 is 11.6 Å². The van der Waals surface area contributed by atoms with E-state index in [1.165, 1.54) is 18.9 Å². The fraction of sp³-hybridized carbons (Fsp3) is 0.235. The van der Waals surface area contributed by atoms with Crippen molar-refractivity contribution >= 4 is 29.1 Å². The van der Waals surface area contributed by atoms with Gasteiger partial charge in [-0.15, -0.1) is 0 Å². The van der Waals surface area contributed by atoms with Crippen molar-refractivity contribution in [3.63, 3.8) is 0 Å². The van der Waals surface area contributed by atoms with Crippen LogP contribution in [0.25, 0.3) is 0 Å². The van der Waals surface area contributed by atoms with Crippen molar-refractivity contribution in [1.82, 2.24) is 10.3 Å². The first kappa shape index (κ1) is 17.7. The van der Waals surface area contributed by atoms with E-state index in [0.29, 0.717) is 23.0 Å². The lowest BCUT2D eigenvalue weighted by molar-refractivity contribution is -0.123. The van der Waals surface area contributed by atoms with Gasteiger partial charge in [-0.3, -0.25) is 19.5 Å². The topological polar surface area (TPSA) is 71.5 Å². The minimum Gasteiger partial charge on any atom is -0.495 e. The van der Waals surface area contributed by atoms with Crippen LogP contribution in [0.2, 0.25) is 5.02 Å². The second-order valence-electron chi connectivity index (χ2n) is 5.06. The van der Waals surface area contributed by atoms with Gasteiger partial charge in [-0.05, 0) is 29.8 Å². The van der Waals surface area contributed by atoms with Crippen LogP contribution < -0.4 is 15.0 Å². The fourth-order valence-electron chi connectivity index (χ4n) is 2.14. The van der Waals surface area contributed by atoms with Gasteiger partial charge in [0.1, 0.15) is 12.3 Å². The monoisotopic (exact) mass is 347 g/mol. The Morgan fingerprint density at radius 3 is 2.75 bits per heavy atom. The standard InChI is InChI=1S/C17H18ClN3O3/c1-12(22)21(15-8-14(18)5-6-16(15)24-2)11-17(23)20-10-13-4-3-7-19-9-13/h3-9H,10-11H2,1-2H3,(H,20,23). The van der Waals surface area contributed by atoms with Crippen molar-refractivity contribution in [3.8, 4) is 5.75 Å². The predicted molar refractivity (Wildman–Crippen MR) is 92.1 cm³/mol. The quantitative estimate of drug-likeness (QED) is 0.871. The Morgan fingerprint density at radius 2 is 2.12 bits per heavy atom. The minimum absolute atomic E-state index is 0.133. The van der Waals surface area contributed by atoms with Crippen LogP contribution in [0.4, 0.5) is 5.69 Å². The third-order valence-corrected chi connectivity index (χ3v) is 3.56. The lowest BCUT2D eigenvalue weighted by atomic mass is 10.2. The summed E-state index contributed by atoms with van der Waals surface area (Å²) in [7, 11) is 1.49. The number of hydrogen-bond donors (Lipinski definition) is 1. The zero-order valence-electron chi connectivity index (χ0n) is 13.5. The van der Waals surface area contributed by atoms with Gasteiger partial charge in [-0.25, -0.2) is 0 Å². The number of halogens is 1. The first-order valence-corrected chi connectivity index (χ1v) is 7.66. The molecule has 0 radical (unpaired) electrons. The van der Waals surface area contributed by atoms with Crippen LogP contribution in [0.3, 0.4) is 0 Å². The van der Waals surface area contributed by atoms with Crippen LogP contribution in [0, 0.1) is 0 Å². The van der Waals surface area contributed by atoms with Crippen LogP contribution in [0.5, 0.6) is 5.75 Å². The van der Waals surface area contributed by atoms with Gasteiger partial charge in [-0.1, -0.05) is 17.7 Å². The number of ether oxygens (including phenoxy) is 1. The van der Waals surface area contributed by atoms with Crippen molar-refractivity contribution in [3.05, 3.63) is 53.3 Å². The van der Waals surface area contributed by atoms with Gasteiger partial charge in [0.2, 0.25) is 11.8 Å². The Bertz CT molecular complexity index is 722. The van der Waals surface area contributed by atoms with E-state index in [2.05, 4.69) is 10.3 Å². The molecule has 6 nitrogen and oxygen atoms in total. The molecule has 0 fully saturated rings. The normalized spacial score (nSPS) is 10.1. The number of nitrogens with one attached hydrogen (secondary N) is 1. The Hall–Kier alpha value is -2.60. The van der Waals surface area contributed by atoms with Gasteiger partial charge in [-0.2, -0.15) is 0 Å². The zero-order valence-corrected chi connectivity index (χ0v) is 14.2. The van der Waals surface area contributed by atoms with E-state index < -0.39 is 0 Å².